The van der Waals surface area contributed by atoms with Crippen LogP contribution < -0.4 is 0 Å². The molecule has 0 radical (unpaired) electrons. The number of ether oxygens (including phenoxy) is 1. The van der Waals surface area contributed by atoms with Crippen molar-refractivity contribution in [2.75, 3.05) is 13.2 Å². The predicted molar refractivity (Wildman–Crippen MR) is 71.4 cm³/mol. The molecule has 0 unspecified atom stereocenters. The Kier molecular flexibility index (Phi) is 4.34. The van der Waals surface area contributed by atoms with Crippen molar-refractivity contribution in [1.82, 2.24) is 4.90 Å². The lowest BCUT2D eigenvalue weighted by Crippen LogP contribution is -2.31. The van der Waals surface area contributed by atoms with Crippen LogP contribution in [0.5, 0.6) is 0 Å². The van der Waals surface area contributed by atoms with Gasteiger partial charge in [0.05, 0.1) is 12.2 Å². The number of carbonyl (C=O) groups is 2. The van der Waals surface area contributed by atoms with Crippen molar-refractivity contribution in [3.8, 4) is 0 Å². The van der Waals surface area contributed by atoms with Gasteiger partial charge >= 0.3 is 5.97 Å². The summed E-state index contributed by atoms with van der Waals surface area (Å²) in [7, 11) is 0. The quantitative estimate of drug-likeness (QED) is 0.783. The van der Waals surface area contributed by atoms with Crippen molar-refractivity contribution in [2.24, 2.45) is 0 Å². The number of nitrogens with zero attached hydrogens (tertiary/aromatic N) is 1. The minimum absolute atomic E-state index is 0.0814. The number of amides is 1. The van der Waals surface area contributed by atoms with Crippen molar-refractivity contribution in [3.63, 3.8) is 0 Å². The molecule has 0 fully saturated rings. The molecule has 0 saturated carbocycles. The van der Waals surface area contributed by atoms with Crippen LogP contribution in [-0.2, 0) is 9.53 Å². The van der Waals surface area contributed by atoms with Gasteiger partial charge in [0.2, 0.25) is 0 Å². The van der Waals surface area contributed by atoms with Gasteiger partial charge in [-0.05, 0) is 31.9 Å². The molecule has 1 amide bonds. The van der Waals surface area contributed by atoms with Crippen molar-refractivity contribution in [1.29, 1.82) is 0 Å². The van der Waals surface area contributed by atoms with E-state index in [9.17, 15) is 9.59 Å². The van der Waals surface area contributed by atoms with Crippen molar-refractivity contribution >= 4 is 11.9 Å². The number of rotatable bonds is 3. The van der Waals surface area contributed by atoms with Gasteiger partial charge in [-0.25, -0.2) is 4.79 Å². The molecule has 0 aliphatic carbocycles. The molecule has 19 heavy (non-hydrogen) atoms. The van der Waals surface area contributed by atoms with E-state index in [2.05, 4.69) is 0 Å². The van der Waals surface area contributed by atoms with Crippen LogP contribution >= 0.6 is 0 Å². The van der Waals surface area contributed by atoms with E-state index in [0.29, 0.717) is 30.7 Å². The lowest BCUT2D eigenvalue weighted by molar-refractivity contribution is -0.138. The smallest absolute Gasteiger partial charge is 0.335 e. The molecule has 1 aromatic rings. The first-order chi connectivity index (χ1) is 9.22. The minimum atomic E-state index is -0.326. The number of hydrogen-bond donors (Lipinski definition) is 0. The Balaban J connectivity index is 2.14. The average molecular weight is 259 g/mol. The summed E-state index contributed by atoms with van der Waals surface area (Å²) in [5.41, 5.74) is 1.20. The van der Waals surface area contributed by atoms with E-state index >= 15 is 0 Å². The number of benzene rings is 1. The molecule has 2 rings (SSSR count). The van der Waals surface area contributed by atoms with E-state index in [1.165, 1.54) is 0 Å². The SMILES string of the molecule is CCOC(=O)C1=CN(C(=O)c2ccccc2)CCC1. The molecule has 4 heteroatoms. The van der Waals surface area contributed by atoms with Gasteiger partial charge in [-0.1, -0.05) is 18.2 Å². The van der Waals surface area contributed by atoms with Crippen molar-refractivity contribution < 1.29 is 14.3 Å². The molecule has 1 heterocycles. The summed E-state index contributed by atoms with van der Waals surface area (Å²) in [6.07, 6.45) is 3.07. The van der Waals surface area contributed by atoms with Crippen LogP contribution in [0.25, 0.3) is 0 Å². The monoisotopic (exact) mass is 259 g/mol. The fourth-order valence-electron chi connectivity index (χ4n) is 2.04. The second-order valence-electron chi connectivity index (χ2n) is 4.34. The summed E-state index contributed by atoms with van der Waals surface area (Å²) >= 11 is 0. The van der Waals surface area contributed by atoms with E-state index in [4.69, 9.17) is 4.74 Å². The molecular weight excluding hydrogens is 242 g/mol. The Bertz CT molecular complexity index is 493. The van der Waals surface area contributed by atoms with Gasteiger partial charge in [-0.3, -0.25) is 4.79 Å². The molecule has 0 saturated heterocycles. The molecule has 100 valence electrons. The molecule has 0 spiro atoms. The summed E-state index contributed by atoms with van der Waals surface area (Å²) in [5, 5.41) is 0. The van der Waals surface area contributed by atoms with Gasteiger partial charge in [-0.15, -0.1) is 0 Å². The summed E-state index contributed by atoms with van der Waals surface area (Å²) < 4.78 is 4.97. The van der Waals surface area contributed by atoms with E-state index in [-0.39, 0.29) is 11.9 Å². The third kappa shape index (κ3) is 3.22. The first-order valence-corrected chi connectivity index (χ1v) is 6.46. The highest BCUT2D eigenvalue weighted by Crippen LogP contribution is 2.18. The maximum atomic E-state index is 12.3. The van der Waals surface area contributed by atoms with Crippen LogP contribution in [0.1, 0.15) is 30.1 Å². The van der Waals surface area contributed by atoms with Gasteiger partial charge in [0.1, 0.15) is 0 Å². The van der Waals surface area contributed by atoms with Crippen LogP contribution in [-0.4, -0.2) is 29.9 Å². The predicted octanol–water partition coefficient (Wildman–Crippen LogP) is 2.37. The number of hydrogen-bond acceptors (Lipinski definition) is 3. The zero-order valence-electron chi connectivity index (χ0n) is 11.0. The summed E-state index contributed by atoms with van der Waals surface area (Å²) in [5.74, 6) is -0.407. The second kappa shape index (κ2) is 6.18. The van der Waals surface area contributed by atoms with Crippen LogP contribution in [0, 0.1) is 0 Å². The fraction of sp³-hybridized carbons (Fsp3) is 0.333. The normalized spacial score (nSPS) is 14.8. The zero-order valence-corrected chi connectivity index (χ0v) is 11.0. The third-order valence-corrected chi connectivity index (χ3v) is 2.98. The Morgan fingerprint density at radius 1 is 1.26 bits per heavy atom. The maximum absolute atomic E-state index is 12.3. The number of esters is 1. The second-order valence-corrected chi connectivity index (χ2v) is 4.34. The van der Waals surface area contributed by atoms with Crippen LogP contribution in [0.4, 0.5) is 0 Å². The van der Waals surface area contributed by atoms with Crippen LogP contribution in [0.3, 0.4) is 0 Å². The first kappa shape index (κ1) is 13.3. The van der Waals surface area contributed by atoms with Gasteiger partial charge in [0.25, 0.3) is 5.91 Å². The molecule has 1 aliphatic heterocycles. The lowest BCUT2D eigenvalue weighted by atomic mass is 10.1. The highest BCUT2D eigenvalue weighted by atomic mass is 16.5. The lowest BCUT2D eigenvalue weighted by Gasteiger charge is -2.24. The summed E-state index contributed by atoms with van der Waals surface area (Å²) in [4.78, 5) is 25.5. The van der Waals surface area contributed by atoms with Crippen molar-refractivity contribution in [3.05, 3.63) is 47.7 Å². The van der Waals surface area contributed by atoms with Gasteiger partial charge in [-0.2, -0.15) is 0 Å². The minimum Gasteiger partial charge on any atom is -0.463 e. The molecule has 0 atom stereocenters. The fourth-order valence-corrected chi connectivity index (χ4v) is 2.04. The zero-order chi connectivity index (χ0) is 13.7. The van der Waals surface area contributed by atoms with Crippen LogP contribution in [0.2, 0.25) is 0 Å². The molecule has 0 bridgehead atoms. The standard InChI is InChI=1S/C15H17NO3/c1-2-19-15(18)13-9-6-10-16(11-13)14(17)12-7-4-3-5-8-12/h3-5,7-8,11H,2,6,9-10H2,1H3. The molecule has 1 aromatic carbocycles. The summed E-state index contributed by atoms with van der Waals surface area (Å²) in [6, 6.07) is 9.07. The Morgan fingerprint density at radius 3 is 2.68 bits per heavy atom. The maximum Gasteiger partial charge on any atom is 0.335 e. The Labute approximate surface area is 112 Å². The Hall–Kier alpha value is -2.10. The highest BCUT2D eigenvalue weighted by Gasteiger charge is 2.21. The highest BCUT2D eigenvalue weighted by molar-refractivity contribution is 5.96. The van der Waals surface area contributed by atoms with E-state index in [1.807, 2.05) is 18.2 Å². The topological polar surface area (TPSA) is 46.6 Å². The molecule has 1 aliphatic rings. The van der Waals surface area contributed by atoms with Crippen LogP contribution in [0.15, 0.2) is 42.1 Å². The van der Waals surface area contributed by atoms with Gasteiger partial charge < -0.3 is 9.64 Å². The van der Waals surface area contributed by atoms with E-state index in [0.717, 1.165) is 6.42 Å². The van der Waals surface area contributed by atoms with E-state index in [1.54, 1.807) is 30.2 Å². The number of carbonyl (C=O) groups excluding carboxylic acids is 2. The molecular formula is C15H17NO3. The average Bonchev–Trinajstić information content (AvgIpc) is 2.48. The Morgan fingerprint density at radius 2 is 2.00 bits per heavy atom. The van der Waals surface area contributed by atoms with Gasteiger partial charge in [0, 0.05) is 18.3 Å². The molecule has 4 nitrogen and oxygen atoms in total. The molecule has 0 aromatic heterocycles. The summed E-state index contributed by atoms with van der Waals surface area (Å²) in [6.45, 7) is 2.76. The third-order valence-electron chi connectivity index (χ3n) is 2.98. The van der Waals surface area contributed by atoms with Gasteiger partial charge in [0.15, 0.2) is 0 Å². The molecule has 0 N–H and O–H groups in total. The van der Waals surface area contributed by atoms with Crippen molar-refractivity contribution in [2.45, 2.75) is 19.8 Å². The largest absolute Gasteiger partial charge is 0.463 e. The first-order valence-electron chi connectivity index (χ1n) is 6.46. The van der Waals surface area contributed by atoms with E-state index < -0.39 is 0 Å².